The highest BCUT2D eigenvalue weighted by Crippen LogP contribution is 2.20. The summed E-state index contributed by atoms with van der Waals surface area (Å²) in [5, 5.41) is 3.02. The van der Waals surface area contributed by atoms with Crippen molar-refractivity contribution in [3.8, 4) is 0 Å². The maximum absolute atomic E-state index is 13.3. The summed E-state index contributed by atoms with van der Waals surface area (Å²) in [7, 11) is 1.77. The predicted octanol–water partition coefficient (Wildman–Crippen LogP) is 2.45. The Labute approximate surface area is 151 Å². The molecule has 1 aromatic heterocycles. The first-order valence-corrected chi connectivity index (χ1v) is 9.30. The van der Waals surface area contributed by atoms with E-state index in [2.05, 4.69) is 14.8 Å². The molecule has 7 heteroatoms. The molecule has 0 bridgehead atoms. The van der Waals surface area contributed by atoms with Crippen LogP contribution in [0.3, 0.4) is 0 Å². The molecule has 2 aromatic rings. The Bertz CT molecular complexity index is 701. The summed E-state index contributed by atoms with van der Waals surface area (Å²) in [5.74, 6) is -0.211. The molecule has 2 heterocycles. The standard InChI is InChI=1S/C18H23FN4OS/c1-14(17(24)21(2)13-15-4-3-5-16(19)12-15)22-7-9-23(10-8-22)18-20-6-11-25-18/h3-6,11-12,14H,7-10,13H2,1-2H3. The number of thiazole rings is 1. The minimum atomic E-state index is -0.273. The fourth-order valence-electron chi connectivity index (χ4n) is 3.13. The van der Waals surface area contributed by atoms with Gasteiger partial charge in [0.1, 0.15) is 5.82 Å². The van der Waals surface area contributed by atoms with Crippen molar-refractivity contribution in [2.24, 2.45) is 0 Å². The Morgan fingerprint density at radius 2 is 2.12 bits per heavy atom. The van der Waals surface area contributed by atoms with Crippen LogP contribution < -0.4 is 4.90 Å². The van der Waals surface area contributed by atoms with Crippen LogP contribution in [-0.2, 0) is 11.3 Å². The molecule has 3 rings (SSSR count). The number of hydrogen-bond donors (Lipinski definition) is 0. The highest BCUT2D eigenvalue weighted by atomic mass is 32.1. The molecule has 1 unspecified atom stereocenters. The number of piperazine rings is 1. The molecule has 0 radical (unpaired) electrons. The molecule has 0 saturated carbocycles. The van der Waals surface area contributed by atoms with E-state index in [1.807, 2.05) is 24.6 Å². The van der Waals surface area contributed by atoms with Crippen LogP contribution in [-0.4, -0.2) is 60.0 Å². The molecule has 0 N–H and O–H groups in total. The van der Waals surface area contributed by atoms with E-state index in [-0.39, 0.29) is 17.8 Å². The van der Waals surface area contributed by atoms with Gasteiger partial charge >= 0.3 is 0 Å². The van der Waals surface area contributed by atoms with Gasteiger partial charge in [-0.3, -0.25) is 9.69 Å². The lowest BCUT2D eigenvalue weighted by Crippen LogP contribution is -2.54. The van der Waals surface area contributed by atoms with E-state index in [0.717, 1.165) is 36.9 Å². The Balaban J connectivity index is 1.53. The molecule has 1 amide bonds. The van der Waals surface area contributed by atoms with Gasteiger partial charge in [-0.2, -0.15) is 0 Å². The van der Waals surface area contributed by atoms with Gasteiger partial charge in [0.25, 0.3) is 0 Å². The highest BCUT2D eigenvalue weighted by molar-refractivity contribution is 7.13. The van der Waals surface area contributed by atoms with Crippen molar-refractivity contribution in [1.29, 1.82) is 0 Å². The molecular formula is C18H23FN4OS. The fourth-order valence-corrected chi connectivity index (χ4v) is 3.83. The molecule has 1 atom stereocenters. The van der Waals surface area contributed by atoms with Crippen LogP contribution >= 0.6 is 11.3 Å². The number of nitrogens with zero attached hydrogens (tertiary/aromatic N) is 4. The van der Waals surface area contributed by atoms with Gasteiger partial charge in [0.15, 0.2) is 5.13 Å². The van der Waals surface area contributed by atoms with Gasteiger partial charge in [-0.05, 0) is 24.6 Å². The summed E-state index contributed by atoms with van der Waals surface area (Å²) in [5.41, 5.74) is 0.802. The number of rotatable bonds is 5. The molecule has 5 nitrogen and oxygen atoms in total. The molecule has 1 aromatic carbocycles. The first kappa shape index (κ1) is 17.8. The monoisotopic (exact) mass is 362 g/mol. The van der Waals surface area contributed by atoms with Crippen molar-refractivity contribution in [2.45, 2.75) is 19.5 Å². The summed E-state index contributed by atoms with van der Waals surface area (Å²) < 4.78 is 13.3. The quantitative estimate of drug-likeness (QED) is 0.819. The minimum absolute atomic E-state index is 0.0620. The van der Waals surface area contributed by atoms with Crippen LogP contribution in [0.1, 0.15) is 12.5 Å². The first-order valence-electron chi connectivity index (χ1n) is 8.42. The normalized spacial score (nSPS) is 16.7. The number of hydrogen-bond acceptors (Lipinski definition) is 5. The maximum atomic E-state index is 13.3. The summed E-state index contributed by atoms with van der Waals surface area (Å²) in [4.78, 5) is 23.2. The minimum Gasteiger partial charge on any atom is -0.346 e. The molecule has 1 aliphatic rings. The van der Waals surface area contributed by atoms with Gasteiger partial charge in [0.05, 0.1) is 6.04 Å². The maximum Gasteiger partial charge on any atom is 0.239 e. The smallest absolute Gasteiger partial charge is 0.239 e. The van der Waals surface area contributed by atoms with Gasteiger partial charge in [0, 0.05) is 51.3 Å². The van der Waals surface area contributed by atoms with Gasteiger partial charge in [-0.25, -0.2) is 9.37 Å². The summed E-state index contributed by atoms with van der Waals surface area (Å²) in [6.45, 7) is 5.78. The third-order valence-corrected chi connectivity index (χ3v) is 5.43. The number of benzene rings is 1. The lowest BCUT2D eigenvalue weighted by atomic mass is 10.1. The second-order valence-corrected chi connectivity index (χ2v) is 7.21. The van der Waals surface area contributed by atoms with E-state index in [9.17, 15) is 9.18 Å². The molecule has 25 heavy (non-hydrogen) atoms. The van der Waals surface area contributed by atoms with E-state index in [0.29, 0.717) is 6.54 Å². The zero-order valence-electron chi connectivity index (χ0n) is 14.6. The summed E-state index contributed by atoms with van der Waals surface area (Å²) >= 11 is 1.64. The molecule has 0 spiro atoms. The van der Waals surface area contributed by atoms with Crippen molar-refractivity contribution in [1.82, 2.24) is 14.8 Å². The van der Waals surface area contributed by atoms with Gasteiger partial charge < -0.3 is 9.80 Å². The SMILES string of the molecule is CC(C(=O)N(C)Cc1cccc(F)c1)N1CCN(c2nccs2)CC1. The Morgan fingerprint density at radius 1 is 1.36 bits per heavy atom. The number of aromatic nitrogens is 1. The average Bonchev–Trinajstić information content (AvgIpc) is 3.15. The number of halogens is 1. The lowest BCUT2D eigenvalue weighted by molar-refractivity contribution is -0.135. The number of amides is 1. The number of anilines is 1. The lowest BCUT2D eigenvalue weighted by Gasteiger charge is -2.38. The number of likely N-dealkylation sites (N-methyl/N-ethyl adjacent to an activating group) is 1. The third kappa shape index (κ3) is 4.35. The van der Waals surface area contributed by atoms with E-state index in [1.165, 1.54) is 12.1 Å². The largest absolute Gasteiger partial charge is 0.346 e. The molecule has 134 valence electrons. The van der Waals surface area contributed by atoms with Crippen molar-refractivity contribution in [3.05, 3.63) is 47.2 Å². The first-order chi connectivity index (χ1) is 12.0. The van der Waals surface area contributed by atoms with Crippen molar-refractivity contribution in [3.63, 3.8) is 0 Å². The van der Waals surface area contributed by atoms with Crippen molar-refractivity contribution in [2.75, 3.05) is 38.1 Å². The molecule has 0 aliphatic carbocycles. The Morgan fingerprint density at radius 3 is 2.76 bits per heavy atom. The second kappa shape index (κ2) is 7.93. The van der Waals surface area contributed by atoms with Crippen LogP contribution in [0.2, 0.25) is 0 Å². The zero-order valence-corrected chi connectivity index (χ0v) is 15.4. The van der Waals surface area contributed by atoms with Crippen molar-refractivity contribution < 1.29 is 9.18 Å². The highest BCUT2D eigenvalue weighted by Gasteiger charge is 2.28. The van der Waals surface area contributed by atoms with Gasteiger partial charge in [-0.1, -0.05) is 12.1 Å². The van der Waals surface area contributed by atoms with Crippen LogP contribution in [0.15, 0.2) is 35.8 Å². The third-order valence-electron chi connectivity index (χ3n) is 4.59. The van der Waals surface area contributed by atoms with Crippen LogP contribution in [0.25, 0.3) is 0 Å². The van der Waals surface area contributed by atoms with E-state index < -0.39 is 0 Å². The molecular weight excluding hydrogens is 339 g/mol. The zero-order chi connectivity index (χ0) is 17.8. The fraction of sp³-hybridized carbons (Fsp3) is 0.444. The van der Waals surface area contributed by atoms with Crippen molar-refractivity contribution >= 4 is 22.4 Å². The molecule has 1 fully saturated rings. The molecule has 1 saturated heterocycles. The average molecular weight is 362 g/mol. The van der Waals surface area contributed by atoms with Gasteiger partial charge in [0.2, 0.25) is 5.91 Å². The second-order valence-electron chi connectivity index (χ2n) is 6.34. The number of carbonyl (C=O) groups is 1. The van der Waals surface area contributed by atoms with E-state index >= 15 is 0 Å². The topological polar surface area (TPSA) is 39.7 Å². The predicted molar refractivity (Wildman–Crippen MR) is 98.2 cm³/mol. The Hall–Kier alpha value is -1.99. The molecule has 1 aliphatic heterocycles. The summed E-state index contributed by atoms with van der Waals surface area (Å²) in [6, 6.07) is 6.21. The summed E-state index contributed by atoms with van der Waals surface area (Å²) in [6.07, 6.45) is 1.82. The van der Waals surface area contributed by atoms with E-state index in [1.54, 1.807) is 29.4 Å². The van der Waals surface area contributed by atoms with Crippen LogP contribution in [0, 0.1) is 5.82 Å². The van der Waals surface area contributed by atoms with Gasteiger partial charge in [-0.15, -0.1) is 11.3 Å². The van der Waals surface area contributed by atoms with Crippen LogP contribution in [0.5, 0.6) is 0 Å². The Kier molecular flexibility index (Phi) is 5.65. The van der Waals surface area contributed by atoms with E-state index in [4.69, 9.17) is 0 Å². The van der Waals surface area contributed by atoms with Crippen LogP contribution in [0.4, 0.5) is 9.52 Å². The number of carbonyl (C=O) groups excluding carboxylic acids is 1.